The van der Waals surface area contributed by atoms with Gasteiger partial charge in [0.1, 0.15) is 30.2 Å². The summed E-state index contributed by atoms with van der Waals surface area (Å²) in [6, 6.07) is 1.76. The van der Waals surface area contributed by atoms with Crippen LogP contribution < -0.4 is 32.3 Å². The van der Waals surface area contributed by atoms with Crippen molar-refractivity contribution in [1.82, 2.24) is 41.4 Å². The maximum absolute atomic E-state index is 14.1. The van der Waals surface area contributed by atoms with Gasteiger partial charge in [0.05, 0.1) is 28.4 Å². The number of fused-ring (bicyclic) bond motifs is 2. The number of primary amides is 1. The van der Waals surface area contributed by atoms with E-state index in [0.717, 1.165) is 27.9 Å². The van der Waals surface area contributed by atoms with Crippen LogP contribution in [0.15, 0.2) is 29.8 Å². The normalized spacial score (nSPS) is 26.0. The average Bonchev–Trinajstić information content (AvgIpc) is 3.79. The molecule has 5 rings (SSSR count). The third-order valence-corrected chi connectivity index (χ3v) is 11.5. The molecule has 3 aliphatic rings. The Morgan fingerprint density at radius 2 is 1.64 bits per heavy atom. The van der Waals surface area contributed by atoms with Crippen molar-refractivity contribution in [2.75, 3.05) is 44.2 Å². The zero-order chi connectivity index (χ0) is 38.4. The minimum absolute atomic E-state index is 0.0344. The molecule has 5 atom stereocenters. The Hall–Kier alpha value is -4.55. The lowest BCUT2D eigenvalue weighted by atomic mass is 9.85. The Kier molecular flexibility index (Phi) is 12.8. The van der Waals surface area contributed by atoms with Gasteiger partial charge in [-0.25, -0.2) is 4.98 Å². The molecule has 1 aromatic carbocycles. The van der Waals surface area contributed by atoms with Crippen LogP contribution >= 0.6 is 23.1 Å². The monoisotopic (exact) mass is 769 g/mol. The number of aromatic nitrogens is 1. The summed E-state index contributed by atoms with van der Waals surface area (Å²) >= 11 is 2.53. The zero-order valence-corrected chi connectivity index (χ0v) is 31.9. The van der Waals surface area contributed by atoms with Crippen LogP contribution in [0.2, 0.25) is 0 Å². The molecular formula is C35H47N9O7S2. The van der Waals surface area contributed by atoms with E-state index in [9.17, 15) is 33.6 Å². The predicted molar refractivity (Wildman–Crippen MR) is 199 cm³/mol. The van der Waals surface area contributed by atoms with E-state index in [1.807, 2.05) is 19.1 Å². The van der Waals surface area contributed by atoms with Crippen LogP contribution in [0, 0.1) is 12.3 Å². The topological polar surface area (TPSA) is 225 Å². The smallest absolute Gasteiger partial charge is 0.247 e. The van der Waals surface area contributed by atoms with E-state index in [-0.39, 0.29) is 31.1 Å². The Morgan fingerprint density at radius 3 is 2.30 bits per heavy atom. The van der Waals surface area contributed by atoms with Crippen LogP contribution in [0.25, 0.3) is 10.4 Å². The van der Waals surface area contributed by atoms with Gasteiger partial charge < -0.3 is 42.1 Å². The minimum atomic E-state index is -1.24. The molecular weight excluding hydrogens is 723 g/mol. The number of hydrogen-bond donors (Lipinski definition) is 6. The molecule has 3 fully saturated rings. The van der Waals surface area contributed by atoms with Crippen molar-refractivity contribution >= 4 is 64.4 Å². The molecule has 53 heavy (non-hydrogen) atoms. The van der Waals surface area contributed by atoms with E-state index in [2.05, 4.69) is 31.6 Å². The molecule has 7 N–H and O–H groups in total. The number of amides is 7. The highest BCUT2D eigenvalue weighted by Gasteiger charge is 2.43. The number of aryl methyl sites for hydroxylation is 1. The van der Waals surface area contributed by atoms with Gasteiger partial charge in [-0.1, -0.05) is 45.0 Å². The SMILES string of the molecule is Cc1ncsc1-c1ccc([C@H]2NC(=O)[C@@H]3CCCN3C(=O)[C@H](C(C)(C)C)NC(=O)CSC[C@H](C(N)=O)NC(=O)[C@H]3CNCCN3C(=O)CNC2=O)cc1. The molecule has 4 heterocycles. The number of nitrogens with two attached hydrogens (primary N) is 1. The molecule has 0 bridgehead atoms. The van der Waals surface area contributed by atoms with Crippen LogP contribution in [0.4, 0.5) is 0 Å². The van der Waals surface area contributed by atoms with Crippen LogP contribution in [-0.2, 0) is 33.6 Å². The molecule has 1 aromatic heterocycles. The minimum Gasteiger partial charge on any atom is -0.368 e. The first-order chi connectivity index (χ1) is 25.1. The van der Waals surface area contributed by atoms with Gasteiger partial charge >= 0.3 is 0 Å². The summed E-state index contributed by atoms with van der Waals surface area (Å²) in [4.78, 5) is 103. The zero-order valence-electron chi connectivity index (χ0n) is 30.2. The molecule has 16 nitrogen and oxygen atoms in total. The molecule has 18 heteroatoms. The first-order valence-corrected chi connectivity index (χ1v) is 19.5. The Bertz CT molecular complexity index is 1730. The number of nitrogens with one attached hydrogen (secondary N) is 5. The predicted octanol–water partition coefficient (Wildman–Crippen LogP) is -0.569. The lowest BCUT2D eigenvalue weighted by Crippen LogP contribution is -2.63. The second kappa shape index (κ2) is 17.1. The molecule has 286 valence electrons. The fourth-order valence-corrected chi connectivity index (χ4v) is 8.28. The van der Waals surface area contributed by atoms with E-state index in [4.69, 9.17) is 5.73 Å². The molecule has 0 radical (unpaired) electrons. The summed E-state index contributed by atoms with van der Waals surface area (Å²) in [5.74, 6) is -4.32. The van der Waals surface area contributed by atoms with Gasteiger partial charge in [-0.15, -0.1) is 23.1 Å². The van der Waals surface area contributed by atoms with Gasteiger partial charge in [0.2, 0.25) is 41.4 Å². The van der Waals surface area contributed by atoms with Gasteiger partial charge in [0.15, 0.2) is 0 Å². The largest absolute Gasteiger partial charge is 0.368 e. The van der Waals surface area contributed by atoms with Crippen LogP contribution in [0.1, 0.15) is 50.9 Å². The number of rotatable bonds is 3. The number of benzene rings is 1. The van der Waals surface area contributed by atoms with Gasteiger partial charge in [-0.3, -0.25) is 33.6 Å². The van der Waals surface area contributed by atoms with E-state index in [1.165, 1.54) is 21.1 Å². The summed E-state index contributed by atoms with van der Waals surface area (Å²) < 4.78 is 0. The molecule has 0 saturated carbocycles. The first kappa shape index (κ1) is 39.7. The quantitative estimate of drug-likeness (QED) is 0.233. The second-order valence-corrected chi connectivity index (χ2v) is 16.3. The van der Waals surface area contributed by atoms with Crippen molar-refractivity contribution in [3.63, 3.8) is 0 Å². The lowest BCUT2D eigenvalue weighted by molar-refractivity contribution is -0.144. The number of carbonyl (C=O) groups excluding carboxylic acids is 7. The standard InChI is InChI=1S/C35H47N9O7S2/c1-19-28(53-18-39-19)21-9-7-20(8-10-21)27-33(50)38-15-26(46)43-13-11-37-14-24(43)32(49)40-22(30(36)47)16-52-17-25(45)41-29(35(2,3)4)34(51)44-12-5-6-23(44)31(48)42-27/h7-10,18,22-24,27,29,37H,5-6,11-17H2,1-4H3,(H2,36,47)(H,38,50)(H,40,49)(H,41,45)(H,42,48)/t22-,23+,24-,27-,29-/m1/s1. The van der Waals surface area contributed by atoms with Gasteiger partial charge in [-0.05, 0) is 36.3 Å². The van der Waals surface area contributed by atoms with E-state index >= 15 is 0 Å². The van der Waals surface area contributed by atoms with Crippen molar-refractivity contribution in [1.29, 1.82) is 0 Å². The summed E-state index contributed by atoms with van der Waals surface area (Å²) in [6.45, 7) is 7.74. The summed E-state index contributed by atoms with van der Waals surface area (Å²) in [5.41, 5.74) is 8.77. The van der Waals surface area contributed by atoms with Crippen molar-refractivity contribution in [2.24, 2.45) is 11.1 Å². The van der Waals surface area contributed by atoms with Gasteiger partial charge in [-0.2, -0.15) is 0 Å². The number of thioether (sulfide) groups is 1. The van der Waals surface area contributed by atoms with E-state index < -0.39 is 83.5 Å². The van der Waals surface area contributed by atoms with E-state index in [0.29, 0.717) is 24.9 Å². The van der Waals surface area contributed by atoms with Crippen molar-refractivity contribution in [2.45, 2.75) is 70.7 Å². The third kappa shape index (κ3) is 9.52. The fraction of sp³-hybridized carbons (Fsp3) is 0.543. The summed E-state index contributed by atoms with van der Waals surface area (Å²) in [6.07, 6.45) is 0.874. The van der Waals surface area contributed by atoms with Crippen molar-refractivity contribution in [3.8, 4) is 10.4 Å². The highest BCUT2D eigenvalue weighted by Crippen LogP contribution is 2.30. The highest BCUT2D eigenvalue weighted by molar-refractivity contribution is 8.00. The molecule has 0 spiro atoms. The highest BCUT2D eigenvalue weighted by atomic mass is 32.2. The van der Waals surface area contributed by atoms with Crippen LogP contribution in [-0.4, -0.2) is 125 Å². The number of hydrogen-bond acceptors (Lipinski definition) is 11. The number of piperazine rings is 1. The maximum atomic E-state index is 14.1. The maximum Gasteiger partial charge on any atom is 0.247 e. The molecule has 0 aliphatic carbocycles. The summed E-state index contributed by atoms with van der Waals surface area (Å²) in [5, 5.41) is 14.0. The Labute approximate surface area is 316 Å². The molecule has 2 aromatic rings. The first-order valence-electron chi connectivity index (χ1n) is 17.5. The fourth-order valence-electron chi connectivity index (χ4n) is 6.60. The van der Waals surface area contributed by atoms with Crippen LogP contribution in [0.3, 0.4) is 0 Å². The number of thiazole rings is 1. The number of carbonyl (C=O) groups is 7. The second-order valence-electron chi connectivity index (χ2n) is 14.4. The Balaban J connectivity index is 1.48. The molecule has 3 aliphatic heterocycles. The van der Waals surface area contributed by atoms with Gasteiger partial charge in [0, 0.05) is 31.9 Å². The van der Waals surface area contributed by atoms with Crippen molar-refractivity contribution < 1.29 is 33.6 Å². The van der Waals surface area contributed by atoms with Crippen molar-refractivity contribution in [3.05, 3.63) is 41.0 Å². The molecule has 7 amide bonds. The van der Waals surface area contributed by atoms with Crippen LogP contribution in [0.5, 0.6) is 0 Å². The molecule has 0 unspecified atom stereocenters. The van der Waals surface area contributed by atoms with Gasteiger partial charge in [0.25, 0.3) is 0 Å². The summed E-state index contributed by atoms with van der Waals surface area (Å²) in [7, 11) is 0. The lowest BCUT2D eigenvalue weighted by Gasteiger charge is -2.36. The third-order valence-electron chi connectivity index (χ3n) is 9.52. The average molecular weight is 770 g/mol. The molecule has 3 saturated heterocycles. The van der Waals surface area contributed by atoms with E-state index in [1.54, 1.807) is 38.4 Å². The number of nitrogens with zero attached hydrogens (tertiary/aromatic N) is 3. The Morgan fingerprint density at radius 1 is 0.925 bits per heavy atom.